The first-order valence-electron chi connectivity index (χ1n) is 8.93. The van der Waals surface area contributed by atoms with E-state index in [4.69, 9.17) is 14.0 Å². The lowest BCUT2D eigenvalue weighted by Gasteiger charge is -2.22. The zero-order valence-electron chi connectivity index (χ0n) is 14.7. The SMILES string of the molecule is c1ccc2c(c1)OCC([n+]1ccc3[nH][n+](-[n+]4ccc5oncc5c4)cc3c1)O2. The topological polar surface area (TPSA) is 71.9 Å². The van der Waals surface area contributed by atoms with E-state index < -0.39 is 0 Å². The molecule has 28 heavy (non-hydrogen) atoms. The van der Waals surface area contributed by atoms with E-state index in [1.54, 1.807) is 6.20 Å². The van der Waals surface area contributed by atoms with Crippen molar-refractivity contribution in [1.29, 1.82) is 0 Å². The predicted molar refractivity (Wildman–Crippen MR) is 95.3 cm³/mol. The quantitative estimate of drug-likeness (QED) is 0.475. The second kappa shape index (κ2) is 5.78. The van der Waals surface area contributed by atoms with Crippen molar-refractivity contribution in [2.45, 2.75) is 6.23 Å². The lowest BCUT2D eigenvalue weighted by atomic mass is 10.3. The van der Waals surface area contributed by atoms with Gasteiger partial charge in [0.05, 0.1) is 17.6 Å². The summed E-state index contributed by atoms with van der Waals surface area (Å²) in [5.74, 6) is 1.54. The van der Waals surface area contributed by atoms with Crippen LogP contribution in [0.15, 0.2) is 78.1 Å². The van der Waals surface area contributed by atoms with Crippen LogP contribution in [0.2, 0.25) is 0 Å². The van der Waals surface area contributed by atoms with Gasteiger partial charge in [-0.1, -0.05) is 17.3 Å². The maximum atomic E-state index is 6.10. The minimum atomic E-state index is -0.219. The fourth-order valence-corrected chi connectivity index (χ4v) is 3.42. The molecule has 5 heterocycles. The molecule has 0 bridgehead atoms. The summed E-state index contributed by atoms with van der Waals surface area (Å²) in [4.78, 5) is 1.90. The van der Waals surface area contributed by atoms with Gasteiger partial charge in [-0.2, -0.15) is 4.57 Å². The molecule has 1 aliphatic rings. The molecule has 6 rings (SSSR count). The summed E-state index contributed by atoms with van der Waals surface area (Å²) in [5.41, 5.74) is 1.76. The van der Waals surface area contributed by atoms with Crippen LogP contribution in [0.3, 0.4) is 0 Å². The molecule has 1 aromatic carbocycles. The first-order valence-corrected chi connectivity index (χ1v) is 8.93. The Hall–Kier alpha value is -3.94. The second-order valence-electron chi connectivity index (χ2n) is 6.65. The second-order valence-corrected chi connectivity index (χ2v) is 6.65. The number of hydrogen-bond acceptors (Lipinski definition) is 4. The summed E-state index contributed by atoms with van der Waals surface area (Å²) >= 11 is 0. The molecule has 0 spiro atoms. The summed E-state index contributed by atoms with van der Waals surface area (Å²) < 4.78 is 21.0. The predicted octanol–water partition coefficient (Wildman–Crippen LogP) is 1.45. The zero-order chi connectivity index (χ0) is 18.5. The zero-order valence-corrected chi connectivity index (χ0v) is 14.7. The highest BCUT2D eigenvalue weighted by molar-refractivity contribution is 5.74. The number of aromatic nitrogens is 5. The van der Waals surface area contributed by atoms with Gasteiger partial charge < -0.3 is 14.0 Å². The number of para-hydroxylation sites is 2. The molecule has 1 aliphatic heterocycles. The lowest BCUT2D eigenvalue weighted by Crippen LogP contribution is -2.66. The Morgan fingerprint density at radius 2 is 1.89 bits per heavy atom. The van der Waals surface area contributed by atoms with E-state index in [2.05, 4.69) is 10.3 Å². The summed E-state index contributed by atoms with van der Waals surface area (Å²) in [6, 6.07) is 11.6. The van der Waals surface area contributed by atoms with Crippen LogP contribution in [0.25, 0.3) is 21.9 Å². The van der Waals surface area contributed by atoms with Crippen molar-refractivity contribution in [2.75, 3.05) is 6.61 Å². The summed E-state index contributed by atoms with van der Waals surface area (Å²) in [6.07, 6.45) is 11.4. The molecule has 0 amide bonds. The van der Waals surface area contributed by atoms with Gasteiger partial charge in [0.25, 0.3) is 6.20 Å². The Bertz CT molecular complexity index is 1330. The fraction of sp³-hybridized carbons (Fsp3) is 0.100. The van der Waals surface area contributed by atoms with Crippen molar-refractivity contribution in [3.05, 3.63) is 73.6 Å². The van der Waals surface area contributed by atoms with Gasteiger partial charge in [0, 0.05) is 10.7 Å². The van der Waals surface area contributed by atoms with Gasteiger partial charge in [-0.05, 0) is 17.2 Å². The van der Waals surface area contributed by atoms with E-state index in [0.29, 0.717) is 6.61 Å². The van der Waals surface area contributed by atoms with Gasteiger partial charge in [-0.3, -0.25) is 0 Å². The number of benzene rings is 1. The van der Waals surface area contributed by atoms with Gasteiger partial charge in [0.2, 0.25) is 5.52 Å². The first kappa shape index (κ1) is 15.2. The summed E-state index contributed by atoms with van der Waals surface area (Å²) in [5, 5.41) is 9.15. The normalized spacial score (nSPS) is 15.9. The molecule has 8 nitrogen and oxygen atoms in total. The van der Waals surface area contributed by atoms with Crippen LogP contribution < -0.4 is 23.5 Å². The van der Waals surface area contributed by atoms with Crippen molar-refractivity contribution in [2.24, 2.45) is 0 Å². The van der Waals surface area contributed by atoms with E-state index in [1.807, 2.05) is 81.4 Å². The van der Waals surface area contributed by atoms with Crippen LogP contribution in [-0.4, -0.2) is 16.9 Å². The smallest absolute Gasteiger partial charge is 0.336 e. The molecule has 0 aliphatic carbocycles. The maximum Gasteiger partial charge on any atom is 0.336 e. The molecular weight excluding hydrogens is 358 g/mol. The molecule has 0 fully saturated rings. The van der Waals surface area contributed by atoms with Crippen molar-refractivity contribution in [3.63, 3.8) is 0 Å². The van der Waals surface area contributed by atoms with Crippen LogP contribution in [0.1, 0.15) is 6.23 Å². The van der Waals surface area contributed by atoms with Gasteiger partial charge in [-0.25, -0.2) is 0 Å². The van der Waals surface area contributed by atoms with E-state index in [0.717, 1.165) is 33.4 Å². The first-order chi connectivity index (χ1) is 13.8. The number of nitrogens with zero attached hydrogens (tertiary/aromatic N) is 4. The Labute approximate surface area is 158 Å². The largest absolute Gasteiger partial charge is 0.478 e. The van der Waals surface area contributed by atoms with Gasteiger partial charge in [0.1, 0.15) is 4.79 Å². The average molecular weight is 374 g/mol. The molecule has 1 N–H and O–H groups in total. The van der Waals surface area contributed by atoms with Crippen molar-refractivity contribution >= 4 is 21.9 Å². The molecule has 5 aromatic rings. The molecule has 4 aromatic heterocycles. The molecular formula is C20H16N5O3+3. The standard InChI is InChI=1S/C20H15N5O3/c1-2-4-19-18(3-1)26-13-20(27-19)23-7-5-16-15(10-23)12-25(22-16)24-8-6-17-14(11-24)9-21-28-17/h1-12,20H,13H2/q+2/p+1. The number of pyridine rings is 2. The molecule has 1 atom stereocenters. The third kappa shape index (κ3) is 2.38. The van der Waals surface area contributed by atoms with Crippen LogP contribution in [0.4, 0.5) is 0 Å². The summed E-state index contributed by atoms with van der Waals surface area (Å²) in [7, 11) is 0. The van der Waals surface area contributed by atoms with E-state index in [9.17, 15) is 0 Å². The van der Waals surface area contributed by atoms with Gasteiger partial charge in [-0.15, -0.1) is 0 Å². The van der Waals surface area contributed by atoms with Crippen molar-refractivity contribution in [1.82, 2.24) is 10.3 Å². The average Bonchev–Trinajstić information content (AvgIpc) is 3.39. The fourth-order valence-electron chi connectivity index (χ4n) is 3.42. The lowest BCUT2D eigenvalue weighted by molar-refractivity contribution is -1.32. The van der Waals surface area contributed by atoms with Crippen molar-refractivity contribution in [3.8, 4) is 11.5 Å². The number of ether oxygens (including phenoxy) is 2. The Morgan fingerprint density at radius 3 is 2.86 bits per heavy atom. The maximum absolute atomic E-state index is 6.10. The number of H-pyrrole nitrogens is 1. The highest BCUT2D eigenvalue weighted by atomic mass is 16.6. The molecule has 0 saturated carbocycles. The Morgan fingerprint density at radius 1 is 0.964 bits per heavy atom. The highest BCUT2D eigenvalue weighted by Crippen LogP contribution is 2.32. The third-order valence-corrected chi connectivity index (χ3v) is 4.86. The van der Waals surface area contributed by atoms with Crippen LogP contribution in [-0.2, 0) is 0 Å². The van der Waals surface area contributed by atoms with E-state index in [-0.39, 0.29) is 6.23 Å². The number of fused-ring (bicyclic) bond motifs is 3. The van der Waals surface area contributed by atoms with E-state index in [1.165, 1.54) is 0 Å². The number of hydrogen-bond donors (Lipinski definition) is 1. The minimum Gasteiger partial charge on any atom is -0.478 e. The van der Waals surface area contributed by atoms with Gasteiger partial charge >= 0.3 is 6.23 Å². The van der Waals surface area contributed by atoms with Crippen LogP contribution in [0, 0.1) is 0 Å². The number of rotatable bonds is 2. The minimum absolute atomic E-state index is 0.219. The van der Waals surface area contributed by atoms with Crippen LogP contribution >= 0.6 is 0 Å². The highest BCUT2D eigenvalue weighted by Gasteiger charge is 2.29. The Balaban J connectivity index is 1.36. The van der Waals surface area contributed by atoms with Gasteiger partial charge in [0.15, 0.2) is 53.9 Å². The number of nitrogens with one attached hydrogen (secondary N) is 1. The van der Waals surface area contributed by atoms with E-state index >= 15 is 0 Å². The molecule has 136 valence electrons. The molecule has 0 saturated heterocycles. The molecule has 8 heteroatoms. The monoisotopic (exact) mass is 374 g/mol. The number of aromatic amines is 1. The molecule has 1 unspecified atom stereocenters. The third-order valence-electron chi connectivity index (χ3n) is 4.86. The van der Waals surface area contributed by atoms with Crippen LogP contribution in [0.5, 0.6) is 11.5 Å². The summed E-state index contributed by atoms with van der Waals surface area (Å²) in [6.45, 7) is 0.455. The van der Waals surface area contributed by atoms with Crippen molar-refractivity contribution < 1.29 is 28.0 Å². The molecule has 0 radical (unpaired) electrons. The Kier molecular flexibility index (Phi) is 3.13.